The summed E-state index contributed by atoms with van der Waals surface area (Å²) in [5, 5.41) is 12.5. The molecule has 0 aliphatic rings. The molecule has 23 heavy (non-hydrogen) atoms. The molecule has 0 spiro atoms. The summed E-state index contributed by atoms with van der Waals surface area (Å²) in [6, 6.07) is 16.9. The van der Waals surface area contributed by atoms with Gasteiger partial charge in [0.05, 0.1) is 12.6 Å². The Kier molecular flexibility index (Phi) is 5.89. The van der Waals surface area contributed by atoms with Crippen molar-refractivity contribution in [3.05, 3.63) is 65.2 Å². The van der Waals surface area contributed by atoms with Crippen molar-refractivity contribution >= 4 is 12.1 Å². The Morgan fingerprint density at radius 1 is 1.26 bits per heavy atom. The van der Waals surface area contributed by atoms with Crippen molar-refractivity contribution in [1.29, 1.82) is 5.26 Å². The molecular weight excluding hydrogens is 290 g/mol. The van der Waals surface area contributed by atoms with Gasteiger partial charge in [0.1, 0.15) is 11.8 Å². The predicted molar refractivity (Wildman–Crippen MR) is 88.2 cm³/mol. The zero-order chi connectivity index (χ0) is 16.5. The molecule has 1 N–H and O–H groups in total. The highest BCUT2D eigenvalue weighted by Crippen LogP contribution is 2.15. The van der Waals surface area contributed by atoms with Crippen LogP contribution in [0.25, 0.3) is 0 Å². The fourth-order valence-corrected chi connectivity index (χ4v) is 1.93. The second-order valence-corrected chi connectivity index (χ2v) is 4.94. The summed E-state index contributed by atoms with van der Waals surface area (Å²) < 4.78 is 5.29. The third-order valence-corrected chi connectivity index (χ3v) is 3.09. The highest BCUT2D eigenvalue weighted by atomic mass is 16.5. The van der Waals surface area contributed by atoms with E-state index in [-0.39, 0.29) is 18.9 Å². The van der Waals surface area contributed by atoms with Crippen LogP contribution in [0, 0.1) is 18.3 Å². The summed E-state index contributed by atoms with van der Waals surface area (Å²) in [4.78, 5) is 11.8. The maximum Gasteiger partial charge on any atom is 0.244 e. The van der Waals surface area contributed by atoms with Crippen LogP contribution in [0.1, 0.15) is 16.7 Å². The van der Waals surface area contributed by atoms with Crippen molar-refractivity contribution in [2.24, 2.45) is 5.10 Å². The predicted octanol–water partition coefficient (Wildman–Crippen LogP) is 2.59. The minimum absolute atomic E-state index is 0.0371. The molecule has 0 bridgehead atoms. The first-order valence-electron chi connectivity index (χ1n) is 7.15. The molecule has 0 unspecified atom stereocenters. The Labute approximate surface area is 135 Å². The number of nitriles is 1. The fraction of sp³-hybridized carbons (Fsp3) is 0.167. The van der Waals surface area contributed by atoms with Crippen LogP contribution in [0.5, 0.6) is 5.75 Å². The zero-order valence-electron chi connectivity index (χ0n) is 12.8. The first-order valence-corrected chi connectivity index (χ1v) is 7.15. The van der Waals surface area contributed by atoms with E-state index in [1.807, 2.05) is 43.3 Å². The molecule has 0 heterocycles. The van der Waals surface area contributed by atoms with Crippen LogP contribution in [0.15, 0.2) is 53.6 Å². The zero-order valence-corrected chi connectivity index (χ0v) is 12.8. The number of hydrogen-bond acceptors (Lipinski definition) is 4. The normalized spacial score (nSPS) is 10.3. The van der Waals surface area contributed by atoms with Crippen molar-refractivity contribution in [1.82, 2.24) is 5.43 Å². The Morgan fingerprint density at radius 3 is 2.74 bits per heavy atom. The SMILES string of the molecule is Cc1ccc(CC(=O)N/N=C/c2ccccc2OCC#N)cc1. The van der Waals surface area contributed by atoms with Crippen LogP contribution in [0.2, 0.25) is 0 Å². The number of hydrogen-bond donors (Lipinski definition) is 1. The Morgan fingerprint density at radius 2 is 2.00 bits per heavy atom. The maximum absolute atomic E-state index is 11.8. The quantitative estimate of drug-likeness (QED) is 0.658. The lowest BCUT2D eigenvalue weighted by Gasteiger charge is -2.05. The Balaban J connectivity index is 1.92. The Hall–Kier alpha value is -3.13. The molecule has 0 atom stereocenters. The van der Waals surface area contributed by atoms with Gasteiger partial charge in [0.15, 0.2) is 6.61 Å². The van der Waals surface area contributed by atoms with Crippen molar-refractivity contribution in [3.63, 3.8) is 0 Å². The fourth-order valence-electron chi connectivity index (χ4n) is 1.93. The molecule has 0 aliphatic carbocycles. The van der Waals surface area contributed by atoms with Gasteiger partial charge in [0.25, 0.3) is 0 Å². The largest absolute Gasteiger partial charge is 0.478 e. The number of carbonyl (C=O) groups is 1. The van der Waals surface area contributed by atoms with E-state index in [1.165, 1.54) is 6.21 Å². The van der Waals surface area contributed by atoms with Gasteiger partial charge < -0.3 is 4.74 Å². The maximum atomic E-state index is 11.8. The van der Waals surface area contributed by atoms with E-state index in [9.17, 15) is 4.79 Å². The molecule has 0 saturated heterocycles. The van der Waals surface area contributed by atoms with Crippen LogP contribution < -0.4 is 10.2 Å². The average molecular weight is 307 g/mol. The lowest BCUT2D eigenvalue weighted by Crippen LogP contribution is -2.19. The summed E-state index contributed by atoms with van der Waals surface area (Å²) in [5.74, 6) is 0.353. The van der Waals surface area contributed by atoms with Crippen LogP contribution in [-0.2, 0) is 11.2 Å². The van der Waals surface area contributed by atoms with Crippen molar-refractivity contribution in [2.45, 2.75) is 13.3 Å². The molecule has 116 valence electrons. The molecule has 0 fully saturated rings. The molecule has 5 heteroatoms. The number of para-hydroxylation sites is 1. The number of rotatable bonds is 6. The monoisotopic (exact) mass is 307 g/mol. The number of aryl methyl sites for hydroxylation is 1. The minimum Gasteiger partial charge on any atom is -0.478 e. The summed E-state index contributed by atoms with van der Waals surface area (Å²) in [6.07, 6.45) is 1.77. The second kappa shape index (κ2) is 8.35. The van der Waals surface area contributed by atoms with Crippen LogP contribution >= 0.6 is 0 Å². The van der Waals surface area contributed by atoms with E-state index in [1.54, 1.807) is 18.2 Å². The third kappa shape index (κ3) is 5.29. The molecule has 2 aromatic rings. The lowest BCUT2D eigenvalue weighted by atomic mass is 10.1. The molecule has 2 rings (SSSR count). The molecule has 0 radical (unpaired) electrons. The van der Waals surface area contributed by atoms with Crippen molar-refractivity contribution in [3.8, 4) is 11.8 Å². The summed E-state index contributed by atoms with van der Waals surface area (Å²) in [5.41, 5.74) is 5.27. The lowest BCUT2D eigenvalue weighted by molar-refractivity contribution is -0.120. The number of nitrogens with one attached hydrogen (secondary N) is 1. The summed E-state index contributed by atoms with van der Waals surface area (Å²) in [7, 11) is 0. The standard InChI is InChI=1S/C18H17N3O2/c1-14-6-8-15(9-7-14)12-18(22)21-20-13-16-4-2-3-5-17(16)23-11-10-19/h2-9,13H,11-12H2,1H3,(H,21,22)/b20-13+. The Bertz CT molecular complexity index is 731. The first-order chi connectivity index (χ1) is 11.2. The molecular formula is C18H17N3O2. The molecule has 1 amide bonds. The second-order valence-electron chi connectivity index (χ2n) is 4.94. The molecule has 0 aliphatic heterocycles. The van der Waals surface area contributed by atoms with Gasteiger partial charge in [-0.2, -0.15) is 10.4 Å². The van der Waals surface area contributed by atoms with Crippen LogP contribution in [0.3, 0.4) is 0 Å². The van der Waals surface area contributed by atoms with E-state index in [4.69, 9.17) is 10.00 Å². The number of nitrogens with zero attached hydrogens (tertiary/aromatic N) is 2. The average Bonchev–Trinajstić information content (AvgIpc) is 2.56. The third-order valence-electron chi connectivity index (χ3n) is 3.09. The van der Waals surface area contributed by atoms with Gasteiger partial charge in [-0.15, -0.1) is 0 Å². The first kappa shape index (κ1) is 16.2. The van der Waals surface area contributed by atoms with Gasteiger partial charge in [-0.05, 0) is 24.6 Å². The van der Waals surface area contributed by atoms with E-state index >= 15 is 0 Å². The van der Waals surface area contributed by atoms with Gasteiger partial charge in [-0.3, -0.25) is 4.79 Å². The number of ether oxygens (including phenoxy) is 1. The van der Waals surface area contributed by atoms with Gasteiger partial charge in [-0.25, -0.2) is 5.43 Å². The summed E-state index contributed by atoms with van der Waals surface area (Å²) in [6.45, 7) is 1.96. The van der Waals surface area contributed by atoms with Crippen LogP contribution in [-0.4, -0.2) is 18.7 Å². The highest BCUT2D eigenvalue weighted by Gasteiger charge is 2.03. The van der Waals surface area contributed by atoms with E-state index in [0.29, 0.717) is 11.3 Å². The molecule has 0 aromatic heterocycles. The number of benzene rings is 2. The van der Waals surface area contributed by atoms with E-state index < -0.39 is 0 Å². The summed E-state index contributed by atoms with van der Waals surface area (Å²) >= 11 is 0. The van der Waals surface area contributed by atoms with Gasteiger partial charge >= 0.3 is 0 Å². The van der Waals surface area contributed by atoms with Crippen molar-refractivity contribution < 1.29 is 9.53 Å². The number of hydrazone groups is 1. The highest BCUT2D eigenvalue weighted by molar-refractivity contribution is 5.85. The molecule has 2 aromatic carbocycles. The van der Waals surface area contributed by atoms with E-state index in [0.717, 1.165) is 11.1 Å². The van der Waals surface area contributed by atoms with Gasteiger partial charge in [0, 0.05) is 5.56 Å². The van der Waals surface area contributed by atoms with Crippen LogP contribution in [0.4, 0.5) is 0 Å². The topological polar surface area (TPSA) is 74.5 Å². The van der Waals surface area contributed by atoms with Gasteiger partial charge in [0.2, 0.25) is 5.91 Å². The smallest absolute Gasteiger partial charge is 0.244 e. The van der Waals surface area contributed by atoms with Crippen molar-refractivity contribution in [2.75, 3.05) is 6.61 Å². The van der Waals surface area contributed by atoms with E-state index in [2.05, 4.69) is 10.5 Å². The number of amides is 1. The number of carbonyl (C=O) groups excluding carboxylic acids is 1. The molecule has 5 nitrogen and oxygen atoms in total. The van der Waals surface area contributed by atoms with Gasteiger partial charge in [-0.1, -0.05) is 42.0 Å². The molecule has 0 saturated carbocycles. The minimum atomic E-state index is -0.194.